The van der Waals surface area contributed by atoms with Crippen molar-refractivity contribution in [2.75, 3.05) is 19.1 Å². The fourth-order valence-corrected chi connectivity index (χ4v) is 3.19. The highest BCUT2D eigenvalue weighted by Crippen LogP contribution is 2.24. The zero-order chi connectivity index (χ0) is 12.2. The topological polar surface area (TPSA) is 24.9 Å². The largest absolute Gasteiger partial charge is 0.316 e. The molecule has 0 aliphatic rings. The van der Waals surface area contributed by atoms with E-state index in [1.165, 1.54) is 10.7 Å². The van der Waals surface area contributed by atoms with Gasteiger partial charge in [0.05, 0.1) is 10.7 Å². The first kappa shape index (κ1) is 14.0. The van der Waals surface area contributed by atoms with Crippen LogP contribution >= 0.6 is 23.1 Å². The third kappa shape index (κ3) is 4.07. The maximum atomic E-state index is 4.72. The zero-order valence-electron chi connectivity index (χ0n) is 10.8. The van der Waals surface area contributed by atoms with Gasteiger partial charge in [0.15, 0.2) is 0 Å². The summed E-state index contributed by atoms with van der Waals surface area (Å²) >= 11 is 3.67. The zero-order valence-corrected chi connectivity index (χ0v) is 12.5. The molecule has 0 aliphatic heterocycles. The van der Waals surface area contributed by atoms with Crippen LogP contribution in [0.5, 0.6) is 0 Å². The lowest BCUT2D eigenvalue weighted by atomic mass is 9.93. The highest BCUT2D eigenvalue weighted by Gasteiger charge is 2.18. The Labute approximate surface area is 107 Å². The van der Waals surface area contributed by atoms with Crippen molar-refractivity contribution in [1.82, 2.24) is 10.3 Å². The van der Waals surface area contributed by atoms with E-state index >= 15 is 0 Å². The summed E-state index contributed by atoms with van der Waals surface area (Å²) in [4.78, 5) is 4.72. The third-order valence-corrected chi connectivity index (χ3v) is 4.12. The molecule has 0 bridgehead atoms. The Morgan fingerprint density at radius 1 is 1.50 bits per heavy atom. The molecule has 1 unspecified atom stereocenters. The van der Waals surface area contributed by atoms with Gasteiger partial charge in [-0.1, -0.05) is 20.8 Å². The van der Waals surface area contributed by atoms with Crippen LogP contribution < -0.4 is 5.32 Å². The first-order valence-corrected chi connectivity index (χ1v) is 7.85. The van der Waals surface area contributed by atoms with Gasteiger partial charge < -0.3 is 5.32 Å². The number of rotatable bonds is 5. The predicted octanol–water partition coefficient (Wildman–Crippen LogP) is 2.93. The standard InChI is InChI=1S/C12H22N2S2/c1-12(2,3)10-8-16-11(14-10)6-9(13-4)7-15-5/h8-9,13H,6-7H2,1-5H3. The Balaban J connectivity index is 2.64. The number of thiazole rings is 1. The lowest BCUT2D eigenvalue weighted by Gasteiger charge is -2.15. The van der Waals surface area contributed by atoms with Crippen molar-refractivity contribution in [1.29, 1.82) is 0 Å². The molecule has 4 heteroatoms. The number of hydrogen-bond donors (Lipinski definition) is 1. The number of likely N-dealkylation sites (N-methyl/N-ethyl adjacent to an activating group) is 1. The molecule has 1 atom stereocenters. The first-order valence-electron chi connectivity index (χ1n) is 5.58. The van der Waals surface area contributed by atoms with Crippen LogP contribution in [0, 0.1) is 0 Å². The van der Waals surface area contributed by atoms with E-state index in [-0.39, 0.29) is 5.41 Å². The van der Waals surface area contributed by atoms with Gasteiger partial charge in [0, 0.05) is 29.0 Å². The molecule has 0 aliphatic carbocycles. The molecule has 1 aromatic rings. The number of thioether (sulfide) groups is 1. The smallest absolute Gasteiger partial charge is 0.0944 e. The number of aromatic nitrogens is 1. The molecule has 1 N–H and O–H groups in total. The van der Waals surface area contributed by atoms with Crippen molar-refractivity contribution in [3.63, 3.8) is 0 Å². The Kier molecular flexibility index (Phi) is 5.28. The van der Waals surface area contributed by atoms with Gasteiger partial charge in [-0.25, -0.2) is 4.98 Å². The van der Waals surface area contributed by atoms with Gasteiger partial charge in [0.1, 0.15) is 0 Å². The van der Waals surface area contributed by atoms with E-state index in [1.807, 2.05) is 18.8 Å². The van der Waals surface area contributed by atoms with Crippen LogP contribution in [0.1, 0.15) is 31.5 Å². The van der Waals surface area contributed by atoms with Crippen molar-refractivity contribution in [2.45, 2.75) is 38.6 Å². The van der Waals surface area contributed by atoms with Crippen LogP contribution in [0.2, 0.25) is 0 Å². The van der Waals surface area contributed by atoms with E-state index < -0.39 is 0 Å². The van der Waals surface area contributed by atoms with Gasteiger partial charge in [-0.15, -0.1) is 11.3 Å². The van der Waals surface area contributed by atoms with Gasteiger partial charge in [-0.05, 0) is 13.3 Å². The monoisotopic (exact) mass is 258 g/mol. The Bertz CT molecular complexity index is 315. The summed E-state index contributed by atoms with van der Waals surface area (Å²) in [6.45, 7) is 6.63. The average molecular weight is 258 g/mol. The summed E-state index contributed by atoms with van der Waals surface area (Å²) in [7, 11) is 2.03. The minimum atomic E-state index is 0.170. The molecule has 0 saturated heterocycles. The van der Waals surface area contributed by atoms with Crippen LogP contribution in [0.25, 0.3) is 0 Å². The van der Waals surface area contributed by atoms with E-state index in [2.05, 4.69) is 37.7 Å². The van der Waals surface area contributed by atoms with Crippen LogP contribution in [0.4, 0.5) is 0 Å². The molecule has 0 radical (unpaired) electrons. The second kappa shape index (κ2) is 6.03. The Hall–Kier alpha value is -0.0600. The molecule has 2 nitrogen and oxygen atoms in total. The van der Waals surface area contributed by atoms with Crippen molar-refractivity contribution in [3.8, 4) is 0 Å². The quantitative estimate of drug-likeness (QED) is 0.879. The molecule has 0 aromatic carbocycles. The van der Waals surface area contributed by atoms with Crippen molar-refractivity contribution in [3.05, 3.63) is 16.1 Å². The SMILES string of the molecule is CNC(CSC)Cc1nc(C(C)(C)C)cs1. The van der Waals surface area contributed by atoms with E-state index in [4.69, 9.17) is 4.98 Å². The lowest BCUT2D eigenvalue weighted by molar-refractivity contribution is 0.565. The van der Waals surface area contributed by atoms with Crippen molar-refractivity contribution in [2.24, 2.45) is 0 Å². The number of nitrogens with one attached hydrogen (secondary N) is 1. The van der Waals surface area contributed by atoms with Gasteiger partial charge in [0.2, 0.25) is 0 Å². The van der Waals surface area contributed by atoms with Crippen molar-refractivity contribution >= 4 is 23.1 Å². The summed E-state index contributed by atoms with van der Waals surface area (Å²) in [6, 6.07) is 0.536. The molecule has 1 rings (SSSR count). The summed E-state index contributed by atoms with van der Waals surface area (Å²) < 4.78 is 0. The summed E-state index contributed by atoms with van der Waals surface area (Å²) in [5, 5.41) is 6.79. The van der Waals surface area contributed by atoms with Crippen LogP contribution in [0.3, 0.4) is 0 Å². The summed E-state index contributed by atoms with van der Waals surface area (Å²) in [6.07, 6.45) is 3.19. The van der Waals surface area contributed by atoms with Gasteiger partial charge in [-0.2, -0.15) is 11.8 Å². The second-order valence-corrected chi connectivity index (χ2v) is 6.87. The highest BCUT2D eigenvalue weighted by atomic mass is 32.2. The minimum Gasteiger partial charge on any atom is -0.316 e. The molecule has 0 fully saturated rings. The van der Waals surface area contributed by atoms with E-state index in [0.29, 0.717) is 6.04 Å². The van der Waals surface area contributed by atoms with Gasteiger partial charge >= 0.3 is 0 Å². The molecule has 0 amide bonds. The molecule has 1 aromatic heterocycles. The van der Waals surface area contributed by atoms with Crippen LogP contribution in [-0.2, 0) is 11.8 Å². The van der Waals surface area contributed by atoms with Crippen LogP contribution in [0.15, 0.2) is 5.38 Å². The fraction of sp³-hybridized carbons (Fsp3) is 0.750. The number of hydrogen-bond acceptors (Lipinski definition) is 4. The van der Waals surface area contributed by atoms with E-state index in [1.54, 1.807) is 11.3 Å². The summed E-state index contributed by atoms with van der Waals surface area (Å²) in [5.74, 6) is 1.14. The normalized spacial score (nSPS) is 14.1. The highest BCUT2D eigenvalue weighted by molar-refractivity contribution is 7.98. The van der Waals surface area contributed by atoms with Gasteiger partial charge in [-0.3, -0.25) is 0 Å². The minimum absolute atomic E-state index is 0.170. The molecule has 0 spiro atoms. The average Bonchev–Trinajstić information content (AvgIpc) is 2.65. The molecule has 1 heterocycles. The second-order valence-electron chi connectivity index (χ2n) is 5.02. The predicted molar refractivity (Wildman–Crippen MR) is 75.7 cm³/mol. The van der Waals surface area contributed by atoms with E-state index in [9.17, 15) is 0 Å². The maximum absolute atomic E-state index is 4.72. The van der Waals surface area contributed by atoms with E-state index in [0.717, 1.165) is 12.2 Å². The first-order chi connectivity index (χ1) is 7.47. The van der Waals surface area contributed by atoms with Crippen molar-refractivity contribution < 1.29 is 0 Å². The molecular formula is C12H22N2S2. The fourth-order valence-electron chi connectivity index (χ4n) is 1.41. The third-order valence-electron chi connectivity index (χ3n) is 2.52. The molecule has 0 saturated carbocycles. The molecule has 16 heavy (non-hydrogen) atoms. The van der Waals surface area contributed by atoms with Gasteiger partial charge in [0.25, 0.3) is 0 Å². The number of nitrogens with zero attached hydrogens (tertiary/aromatic N) is 1. The molecule has 92 valence electrons. The Morgan fingerprint density at radius 2 is 2.19 bits per heavy atom. The van der Waals surface area contributed by atoms with Crippen LogP contribution in [-0.4, -0.2) is 30.1 Å². The summed E-state index contributed by atoms with van der Waals surface area (Å²) in [5.41, 5.74) is 1.38. The molecular weight excluding hydrogens is 236 g/mol. The maximum Gasteiger partial charge on any atom is 0.0944 e. The Morgan fingerprint density at radius 3 is 2.62 bits per heavy atom. The lowest BCUT2D eigenvalue weighted by Crippen LogP contribution is -2.30.